The van der Waals surface area contributed by atoms with Gasteiger partial charge in [0, 0.05) is 39.2 Å². The number of ether oxygens (including phenoxy) is 4. The van der Waals surface area contributed by atoms with Crippen molar-refractivity contribution in [1.82, 2.24) is 10.2 Å². The second kappa shape index (κ2) is 65.4. The largest absolute Gasteiger partial charge is 1.00 e. The predicted octanol–water partition coefficient (Wildman–Crippen LogP) is 1.31. The van der Waals surface area contributed by atoms with Crippen LogP contribution in [0.25, 0.3) is 0 Å². The van der Waals surface area contributed by atoms with Crippen LogP contribution in [-0.4, -0.2) is 171 Å². The summed E-state index contributed by atoms with van der Waals surface area (Å²) in [7, 11) is 4.07. The number of quaternary nitrogens is 1. The van der Waals surface area contributed by atoms with Crippen molar-refractivity contribution >= 4 is 99.6 Å². The van der Waals surface area contributed by atoms with E-state index in [1.165, 1.54) is 32.8 Å². The monoisotopic (exact) mass is 1450 g/mol. The Morgan fingerprint density at radius 2 is 1.11 bits per heavy atom. The third-order valence-electron chi connectivity index (χ3n) is 8.28. The first-order chi connectivity index (χ1) is 38.5. The third kappa shape index (κ3) is 63.8. The standard InChI is InChI=1S/C13H19NO5S.C10H13NO2.C8H7BrO2.C7H6O2.C4H8O.C3H6O3S.C2H7N.2C2H3N.CH2Br2.CO3.2K.H/c1-14(2,8-5-9-20(16,17)18)11-19-13-7-4-3-6-12(13)10-15;1-11(2)8-13-10-6-4-3-5-9(10)7-12;9-6-11-8-4-2-1-3-7(8)5-10;8-5-6-3-1-2-4-7(6)9;1-2-4-5-3-1;4-7(5)3-1-2-6-7;1-3-2;2*1-2-3;2-1-3;2-1-4-3;;;/h3-4,6-7,10H,5,8-9,11H2,1-2H3;3-7H,8H2,1-2H3;1-5H,6H2;1-5,9H;1-4H2;1-3H2;3H,1-2H3;2*1H3;1H2;;;;/q;;;;;;;;;;;2*+1;-1. The number of phenolic OH excluding ortho intramolecular Hbond substituents is 1. The maximum Gasteiger partial charge on any atom is 1.00 e. The average molecular weight is 1450 g/mol. The number of alkyl halides is 3. The fraction of sp³-hybridized carbons (Fsp3) is 0.415. The molecule has 4 aromatic rings. The van der Waals surface area contributed by atoms with Gasteiger partial charge in [-0.15, -0.1) is 0 Å². The number of nitrogens with zero attached hydrogens (tertiary/aromatic N) is 4. The van der Waals surface area contributed by atoms with Gasteiger partial charge >= 0.3 is 109 Å². The number of para-hydroxylation sites is 4. The summed E-state index contributed by atoms with van der Waals surface area (Å²) in [5.74, 6) is 1.59. The van der Waals surface area contributed by atoms with Crippen LogP contribution in [0.5, 0.6) is 23.0 Å². The Bertz CT molecular complexity index is 2540. The van der Waals surface area contributed by atoms with Crippen molar-refractivity contribution in [3.8, 4) is 35.1 Å². The van der Waals surface area contributed by atoms with Gasteiger partial charge in [-0.2, -0.15) is 18.9 Å². The van der Waals surface area contributed by atoms with Crippen LogP contribution in [0.4, 0.5) is 0 Å². The van der Waals surface area contributed by atoms with Gasteiger partial charge in [-0.1, -0.05) is 80.4 Å². The van der Waals surface area contributed by atoms with E-state index < -0.39 is 20.2 Å². The molecular formula is C53H75Br3K2N5O18S2+. The molecule has 83 heavy (non-hydrogen) atoms. The third-order valence-corrected chi connectivity index (χ3v) is 10.6. The van der Waals surface area contributed by atoms with E-state index >= 15 is 0 Å². The molecule has 2 heterocycles. The molecule has 0 unspecified atom stereocenters. The van der Waals surface area contributed by atoms with Crippen LogP contribution in [0, 0.1) is 22.7 Å². The first-order valence-corrected chi connectivity index (χ1v) is 30.1. The SMILES string of the molecule is BrCBr.C1CCOC1.CC#N.CC#N.CN(C)COc1ccccc1C=O.CNC.C[N+](C)(CCCS(=O)(=O)[O-])COc1ccccc1C=O.O=Cc1ccccc1O.O=Cc1ccccc1OCBr.O=S1(=O)CCCO1.O=[C+]O[O-].[H-].[K+].[K+]. The molecule has 2 N–H and O–H groups in total. The van der Waals surface area contributed by atoms with Crippen LogP contribution in [0.2, 0.25) is 0 Å². The van der Waals surface area contributed by atoms with Crippen LogP contribution in [-0.2, 0) is 38.8 Å². The Morgan fingerprint density at radius 3 is 1.37 bits per heavy atom. The van der Waals surface area contributed by atoms with Gasteiger partial charge in [0.2, 0.25) is 6.73 Å². The van der Waals surface area contributed by atoms with Crippen LogP contribution in [0.15, 0.2) is 97.1 Å². The fourth-order valence-electron chi connectivity index (χ4n) is 4.94. The number of aromatic hydroxyl groups is 1. The van der Waals surface area contributed by atoms with Gasteiger partial charge in [-0.25, -0.2) is 8.42 Å². The maximum atomic E-state index is 10.8. The molecule has 0 atom stereocenters. The summed E-state index contributed by atoms with van der Waals surface area (Å²) in [6.07, 6.45) is 6.40. The number of halogens is 3. The number of hydrogen-bond acceptors (Lipinski definition) is 22. The van der Waals surface area contributed by atoms with Crippen molar-refractivity contribution in [2.45, 2.75) is 39.5 Å². The minimum atomic E-state index is -4.17. The minimum absolute atomic E-state index is 0. The number of nitriles is 2. The zero-order valence-electron chi connectivity index (χ0n) is 49.6. The van der Waals surface area contributed by atoms with Crippen LogP contribution in [0.3, 0.4) is 0 Å². The molecule has 30 heteroatoms. The van der Waals surface area contributed by atoms with Crippen molar-refractivity contribution in [1.29, 1.82) is 10.5 Å². The zero-order valence-corrected chi connectivity index (χ0v) is 61.2. The Kier molecular flexibility index (Phi) is 74.2. The summed E-state index contributed by atoms with van der Waals surface area (Å²) < 4.78 is 78.7. The molecule has 2 aliphatic rings. The Morgan fingerprint density at radius 1 is 0.747 bits per heavy atom. The van der Waals surface area contributed by atoms with E-state index in [-0.39, 0.29) is 135 Å². The van der Waals surface area contributed by atoms with Crippen molar-refractivity contribution in [3.63, 3.8) is 0 Å². The number of phenols is 1. The van der Waals surface area contributed by atoms with Crippen molar-refractivity contribution in [2.75, 3.05) is 103 Å². The molecule has 2 fully saturated rings. The molecule has 0 aliphatic carbocycles. The molecule has 0 spiro atoms. The van der Waals surface area contributed by atoms with E-state index in [1.54, 1.807) is 84.9 Å². The molecular weight excluding hydrogens is 1380 g/mol. The van der Waals surface area contributed by atoms with E-state index in [2.05, 4.69) is 62.2 Å². The number of benzene rings is 4. The van der Waals surface area contributed by atoms with E-state index in [1.807, 2.05) is 65.4 Å². The molecule has 4 aromatic carbocycles. The quantitative estimate of drug-likeness (QED) is 0.0144. The summed E-state index contributed by atoms with van der Waals surface area (Å²) >= 11 is 9.24. The smallest absolute Gasteiger partial charge is 1.00 e. The molecule has 6 rings (SSSR count). The van der Waals surface area contributed by atoms with Gasteiger partial charge in [-0.3, -0.25) is 37.6 Å². The van der Waals surface area contributed by atoms with E-state index in [0.29, 0.717) is 88.6 Å². The van der Waals surface area contributed by atoms with Crippen LogP contribution < -0.4 is 128 Å². The molecule has 0 aromatic heterocycles. The van der Waals surface area contributed by atoms with Gasteiger partial charge in [0.25, 0.3) is 10.1 Å². The van der Waals surface area contributed by atoms with Gasteiger partial charge in [0.15, 0.2) is 25.1 Å². The normalized spacial score (nSPS) is 11.3. The Balaban J connectivity index is -0.000000134. The molecule has 0 saturated carbocycles. The fourth-order valence-corrected chi connectivity index (χ4v) is 6.63. The van der Waals surface area contributed by atoms with Crippen molar-refractivity contribution in [2.24, 2.45) is 0 Å². The molecule has 0 bridgehead atoms. The Labute approximate surface area is 602 Å². The second-order valence-corrected chi connectivity index (χ2v) is 22.1. The van der Waals surface area contributed by atoms with E-state index in [9.17, 15) is 40.6 Å². The van der Waals surface area contributed by atoms with Gasteiger partial charge in [0.05, 0.1) is 86.5 Å². The second-order valence-electron chi connectivity index (χ2n) is 15.8. The van der Waals surface area contributed by atoms with Gasteiger partial charge < -0.3 is 40.6 Å². The maximum absolute atomic E-state index is 10.8. The molecule has 0 radical (unpaired) electrons. The number of aldehydes is 4. The number of carbonyl (C=O) groups excluding carboxylic acids is 5. The molecule has 0 amide bonds. The first kappa shape index (κ1) is 94.1. The molecule has 2 aliphatic heterocycles. The number of rotatable bonds is 17. The van der Waals surface area contributed by atoms with E-state index in [4.69, 9.17) is 44.6 Å². The zero-order chi connectivity index (χ0) is 62.8. The number of nitrogens with one attached hydrogen (secondary N) is 1. The average Bonchev–Trinajstić information content (AvgIpc) is 4.17. The van der Waals surface area contributed by atoms with Crippen LogP contribution in [0.1, 0.15) is 82.4 Å². The number of carbonyl (C=O) groups is 4. The van der Waals surface area contributed by atoms with Crippen LogP contribution >= 0.6 is 47.8 Å². The predicted molar refractivity (Wildman–Crippen MR) is 317 cm³/mol. The summed E-state index contributed by atoms with van der Waals surface area (Å²) in [6.45, 7) is 7.11. The summed E-state index contributed by atoms with van der Waals surface area (Å²) in [5.41, 5.74) is 2.36. The van der Waals surface area contributed by atoms with Crippen molar-refractivity contribution in [3.05, 3.63) is 119 Å². The van der Waals surface area contributed by atoms with Crippen molar-refractivity contribution < 1.29 is 192 Å². The number of hydrogen-bond donors (Lipinski definition) is 2. The molecule has 454 valence electrons. The minimum Gasteiger partial charge on any atom is -1.00 e. The summed E-state index contributed by atoms with van der Waals surface area (Å²) in [6, 6.07) is 31.0. The van der Waals surface area contributed by atoms with Gasteiger partial charge in [0.1, 0.15) is 35.2 Å². The molecule has 2 saturated heterocycles. The Hall–Kier alpha value is -2.55. The first-order valence-electron chi connectivity index (χ1n) is 23.6. The van der Waals surface area contributed by atoms with E-state index in [0.717, 1.165) is 36.3 Å². The van der Waals surface area contributed by atoms with Gasteiger partial charge in [-0.05, 0) is 112 Å². The summed E-state index contributed by atoms with van der Waals surface area (Å²) in [4.78, 5) is 54.8. The topological polar surface area (TPSA) is 338 Å². The summed E-state index contributed by atoms with van der Waals surface area (Å²) in [5, 5.41) is 34.6. The molecule has 23 nitrogen and oxygen atoms in total.